The van der Waals surface area contributed by atoms with Crippen LogP contribution in [0.5, 0.6) is 0 Å². The Kier molecular flexibility index (Phi) is 5.41. The van der Waals surface area contributed by atoms with E-state index < -0.39 is 10.7 Å². The molecule has 0 saturated heterocycles. The molecule has 1 fully saturated rings. The number of aromatic carboxylic acids is 1. The van der Waals surface area contributed by atoms with Gasteiger partial charge in [0.25, 0.3) is 0 Å². The number of hydrogen-bond acceptors (Lipinski definition) is 4. The molecule has 1 aromatic carbocycles. The number of hydrogen-bond donors (Lipinski definition) is 1. The molecule has 5 nitrogen and oxygen atoms in total. The maximum atomic E-state index is 13.2. The summed E-state index contributed by atoms with van der Waals surface area (Å²) in [5.74, 6) is -0.0793. The van der Waals surface area contributed by atoms with Crippen molar-refractivity contribution < 1.29 is 19.1 Å². The zero-order valence-electron chi connectivity index (χ0n) is 15.0. The maximum absolute atomic E-state index is 13.2. The second kappa shape index (κ2) is 7.58. The number of amides is 1. The summed E-state index contributed by atoms with van der Waals surface area (Å²) in [5, 5.41) is 9.16. The molecule has 6 heteroatoms. The second-order valence-corrected chi connectivity index (χ2v) is 8.22. The molecule has 0 atom stereocenters. The SMILES string of the molecule is Cc1oc(CN(C)C(=O)C2(Sc3ccccc3)CCCC2)cc1C(=O)O. The van der Waals surface area contributed by atoms with Crippen LogP contribution < -0.4 is 0 Å². The van der Waals surface area contributed by atoms with E-state index in [4.69, 9.17) is 9.52 Å². The quantitative estimate of drug-likeness (QED) is 0.815. The van der Waals surface area contributed by atoms with E-state index >= 15 is 0 Å². The van der Waals surface area contributed by atoms with Gasteiger partial charge in [0.1, 0.15) is 17.1 Å². The van der Waals surface area contributed by atoms with Crippen molar-refractivity contribution in [3.05, 3.63) is 53.5 Å². The van der Waals surface area contributed by atoms with Crippen LogP contribution in [0.2, 0.25) is 0 Å². The summed E-state index contributed by atoms with van der Waals surface area (Å²) in [6.07, 6.45) is 3.80. The number of carbonyl (C=O) groups is 2. The summed E-state index contributed by atoms with van der Waals surface area (Å²) in [6.45, 7) is 1.89. The van der Waals surface area contributed by atoms with Crippen LogP contribution in [-0.2, 0) is 11.3 Å². The predicted octanol–water partition coefficient (Wildman–Crippen LogP) is 4.35. The normalized spacial score (nSPS) is 15.8. The average molecular weight is 373 g/mol. The highest BCUT2D eigenvalue weighted by Gasteiger charge is 2.43. The Balaban J connectivity index is 1.76. The van der Waals surface area contributed by atoms with Gasteiger partial charge in [-0.05, 0) is 38.0 Å². The van der Waals surface area contributed by atoms with E-state index in [1.165, 1.54) is 6.07 Å². The van der Waals surface area contributed by atoms with Crippen molar-refractivity contribution in [2.45, 2.75) is 48.8 Å². The molecule has 1 aliphatic carbocycles. The van der Waals surface area contributed by atoms with Crippen molar-refractivity contribution >= 4 is 23.6 Å². The third kappa shape index (κ3) is 3.80. The van der Waals surface area contributed by atoms with Gasteiger partial charge in [-0.1, -0.05) is 31.0 Å². The highest BCUT2D eigenvalue weighted by atomic mass is 32.2. The van der Waals surface area contributed by atoms with Crippen LogP contribution in [-0.4, -0.2) is 33.7 Å². The lowest BCUT2D eigenvalue weighted by molar-refractivity contribution is -0.133. The monoisotopic (exact) mass is 373 g/mol. The van der Waals surface area contributed by atoms with Crippen LogP contribution in [0, 0.1) is 6.92 Å². The van der Waals surface area contributed by atoms with E-state index in [2.05, 4.69) is 0 Å². The number of carbonyl (C=O) groups excluding carboxylic acids is 1. The molecule has 1 aliphatic rings. The topological polar surface area (TPSA) is 70.8 Å². The summed E-state index contributed by atoms with van der Waals surface area (Å²) in [7, 11) is 1.76. The zero-order chi connectivity index (χ0) is 18.7. The van der Waals surface area contributed by atoms with Gasteiger partial charge in [-0.3, -0.25) is 4.79 Å². The van der Waals surface area contributed by atoms with Gasteiger partial charge in [0, 0.05) is 11.9 Å². The lowest BCUT2D eigenvalue weighted by Gasteiger charge is -2.31. The fourth-order valence-electron chi connectivity index (χ4n) is 3.51. The van der Waals surface area contributed by atoms with Crippen LogP contribution >= 0.6 is 11.8 Å². The first-order valence-corrected chi connectivity index (χ1v) is 9.55. The van der Waals surface area contributed by atoms with E-state index in [-0.39, 0.29) is 18.0 Å². The molecular formula is C20H23NO4S. The molecule has 1 heterocycles. The molecule has 1 saturated carbocycles. The summed E-state index contributed by atoms with van der Waals surface area (Å²) in [5.41, 5.74) is 0.148. The van der Waals surface area contributed by atoms with Crippen molar-refractivity contribution in [1.29, 1.82) is 0 Å². The fraction of sp³-hybridized carbons (Fsp3) is 0.400. The van der Waals surface area contributed by atoms with Gasteiger partial charge in [-0.2, -0.15) is 0 Å². The molecular weight excluding hydrogens is 350 g/mol. The van der Waals surface area contributed by atoms with E-state index in [0.29, 0.717) is 11.5 Å². The van der Waals surface area contributed by atoms with E-state index in [0.717, 1.165) is 30.6 Å². The minimum atomic E-state index is -1.02. The molecule has 0 aliphatic heterocycles. The van der Waals surface area contributed by atoms with E-state index in [1.807, 2.05) is 30.3 Å². The Morgan fingerprint density at radius 2 is 1.88 bits per heavy atom. The van der Waals surface area contributed by atoms with Gasteiger partial charge in [-0.15, -0.1) is 11.8 Å². The van der Waals surface area contributed by atoms with Gasteiger partial charge in [0.15, 0.2) is 0 Å². The predicted molar refractivity (Wildman–Crippen MR) is 100 cm³/mol. The van der Waals surface area contributed by atoms with Gasteiger partial charge in [0.05, 0.1) is 11.3 Å². The number of benzene rings is 1. The molecule has 26 heavy (non-hydrogen) atoms. The highest BCUT2D eigenvalue weighted by Crippen LogP contribution is 2.46. The summed E-state index contributed by atoms with van der Waals surface area (Å²) in [4.78, 5) is 27.2. The van der Waals surface area contributed by atoms with Crippen LogP contribution in [0.4, 0.5) is 0 Å². The van der Waals surface area contributed by atoms with Gasteiger partial charge >= 0.3 is 5.97 Å². The van der Waals surface area contributed by atoms with Gasteiger partial charge in [0.2, 0.25) is 5.91 Å². The minimum Gasteiger partial charge on any atom is -0.478 e. The first-order chi connectivity index (χ1) is 12.4. The minimum absolute atomic E-state index is 0.0785. The summed E-state index contributed by atoms with van der Waals surface area (Å²) in [6, 6.07) is 11.5. The number of nitrogens with zero attached hydrogens (tertiary/aromatic N) is 1. The number of thioether (sulfide) groups is 1. The van der Waals surface area contributed by atoms with Crippen LogP contribution in [0.3, 0.4) is 0 Å². The van der Waals surface area contributed by atoms with E-state index in [9.17, 15) is 9.59 Å². The molecule has 138 valence electrons. The maximum Gasteiger partial charge on any atom is 0.339 e. The highest BCUT2D eigenvalue weighted by molar-refractivity contribution is 8.01. The summed E-state index contributed by atoms with van der Waals surface area (Å²) >= 11 is 1.64. The van der Waals surface area contributed by atoms with Crippen LogP contribution in [0.1, 0.15) is 47.6 Å². The Morgan fingerprint density at radius 1 is 1.23 bits per heavy atom. The van der Waals surface area contributed by atoms with Crippen LogP contribution in [0.15, 0.2) is 45.7 Å². The zero-order valence-corrected chi connectivity index (χ0v) is 15.8. The summed E-state index contributed by atoms with van der Waals surface area (Å²) < 4.78 is 5.08. The first-order valence-electron chi connectivity index (χ1n) is 8.73. The van der Waals surface area contributed by atoms with Crippen molar-refractivity contribution in [3.8, 4) is 0 Å². The Bertz CT molecular complexity index is 793. The lowest BCUT2D eigenvalue weighted by atomic mass is 10.1. The average Bonchev–Trinajstić information content (AvgIpc) is 3.22. The second-order valence-electron chi connectivity index (χ2n) is 6.77. The standard InChI is InChI=1S/C20H23NO4S/c1-14-17(18(22)23)12-15(25-14)13-21(2)19(24)20(10-6-7-11-20)26-16-8-4-3-5-9-16/h3-5,8-9,12H,6-7,10-11,13H2,1-2H3,(H,22,23). The molecule has 1 amide bonds. The smallest absolute Gasteiger partial charge is 0.339 e. The van der Waals surface area contributed by atoms with Crippen molar-refractivity contribution in [2.24, 2.45) is 0 Å². The molecule has 0 spiro atoms. The van der Waals surface area contributed by atoms with Crippen molar-refractivity contribution in [1.82, 2.24) is 4.90 Å². The Hall–Kier alpha value is -2.21. The molecule has 2 aromatic rings. The Morgan fingerprint density at radius 3 is 2.46 bits per heavy atom. The van der Waals surface area contributed by atoms with E-state index in [1.54, 1.807) is 30.6 Å². The molecule has 1 N–H and O–H groups in total. The Labute approximate surface area is 157 Å². The lowest BCUT2D eigenvalue weighted by Crippen LogP contribution is -2.43. The number of carboxylic acids is 1. The largest absolute Gasteiger partial charge is 0.478 e. The number of rotatable bonds is 6. The molecule has 0 radical (unpaired) electrons. The fourth-order valence-corrected chi connectivity index (χ4v) is 4.99. The van der Waals surface area contributed by atoms with Gasteiger partial charge in [-0.25, -0.2) is 4.79 Å². The molecule has 0 bridgehead atoms. The third-order valence-electron chi connectivity index (χ3n) is 4.80. The molecule has 3 rings (SSSR count). The first kappa shape index (κ1) is 18.6. The number of aryl methyl sites for hydroxylation is 1. The third-order valence-corrected chi connectivity index (χ3v) is 6.28. The van der Waals surface area contributed by atoms with Crippen molar-refractivity contribution in [2.75, 3.05) is 7.05 Å². The van der Waals surface area contributed by atoms with Gasteiger partial charge < -0.3 is 14.4 Å². The number of carboxylic acid groups (broad SMARTS) is 1. The van der Waals surface area contributed by atoms with Crippen LogP contribution in [0.25, 0.3) is 0 Å². The molecule has 1 aromatic heterocycles. The molecule has 0 unspecified atom stereocenters. The number of furan rings is 1. The van der Waals surface area contributed by atoms with Crippen molar-refractivity contribution in [3.63, 3.8) is 0 Å².